The summed E-state index contributed by atoms with van der Waals surface area (Å²) in [4.78, 5) is 14.4. The average Bonchev–Trinajstić information content (AvgIpc) is 2.90. The smallest absolute Gasteiger partial charge is 0.226 e. The van der Waals surface area contributed by atoms with Gasteiger partial charge >= 0.3 is 0 Å². The Labute approximate surface area is 134 Å². The fourth-order valence-corrected chi connectivity index (χ4v) is 4.59. The molecular weight excluding hydrogens is 300 g/mol. The molecule has 0 spiro atoms. The maximum absolute atomic E-state index is 4.80. The third-order valence-corrected chi connectivity index (χ3v) is 5.96. The van der Waals surface area contributed by atoms with Crippen LogP contribution in [0.2, 0.25) is 0 Å². The van der Waals surface area contributed by atoms with Crippen molar-refractivity contribution < 1.29 is 0 Å². The highest BCUT2D eigenvalue weighted by atomic mass is 32.2. The minimum absolute atomic E-state index is 0.663. The lowest BCUT2D eigenvalue weighted by Gasteiger charge is -2.32. The highest BCUT2D eigenvalue weighted by molar-refractivity contribution is 8.00. The number of hydrogen-bond donors (Lipinski definition) is 1. The van der Waals surface area contributed by atoms with E-state index in [0.29, 0.717) is 5.25 Å². The Bertz CT molecular complexity index is 625. The van der Waals surface area contributed by atoms with Gasteiger partial charge in [-0.2, -0.15) is 16.7 Å². The van der Waals surface area contributed by atoms with E-state index in [1.807, 2.05) is 11.8 Å². The molecule has 21 heavy (non-hydrogen) atoms. The molecule has 1 unspecified atom stereocenters. The van der Waals surface area contributed by atoms with Gasteiger partial charge in [0.1, 0.15) is 10.6 Å². The second kappa shape index (κ2) is 6.40. The van der Waals surface area contributed by atoms with E-state index in [1.54, 1.807) is 11.3 Å². The van der Waals surface area contributed by atoms with Crippen LogP contribution >= 0.6 is 23.1 Å². The molecule has 1 fully saturated rings. The quantitative estimate of drug-likeness (QED) is 0.931. The standard InChI is InChI=1S/C15H22N4S2/c1-4-11-8-12-13(19-6-7-20-10(3)9-19)17-15(16-5-2)18-14(12)21-11/h8,10H,4-7,9H2,1-3H3,(H,16,17,18). The molecule has 0 aliphatic carbocycles. The van der Waals surface area contributed by atoms with E-state index < -0.39 is 0 Å². The number of thioether (sulfide) groups is 1. The van der Waals surface area contributed by atoms with E-state index in [4.69, 9.17) is 4.98 Å². The van der Waals surface area contributed by atoms with Gasteiger partial charge in [0.05, 0.1) is 5.39 Å². The number of anilines is 2. The molecule has 2 aromatic rings. The van der Waals surface area contributed by atoms with Gasteiger partial charge in [0, 0.05) is 35.5 Å². The Morgan fingerprint density at radius 2 is 2.24 bits per heavy atom. The van der Waals surface area contributed by atoms with Crippen molar-refractivity contribution in [3.63, 3.8) is 0 Å². The van der Waals surface area contributed by atoms with Gasteiger partial charge in [-0.3, -0.25) is 0 Å². The van der Waals surface area contributed by atoms with Crippen LogP contribution in [0, 0.1) is 0 Å². The summed E-state index contributed by atoms with van der Waals surface area (Å²) in [5.41, 5.74) is 0. The second-order valence-electron chi connectivity index (χ2n) is 5.31. The number of fused-ring (bicyclic) bond motifs is 1. The first-order valence-corrected chi connectivity index (χ1v) is 9.48. The first kappa shape index (κ1) is 14.9. The number of aromatic nitrogens is 2. The average molecular weight is 323 g/mol. The van der Waals surface area contributed by atoms with E-state index >= 15 is 0 Å². The highest BCUT2D eigenvalue weighted by Crippen LogP contribution is 2.34. The number of nitrogens with zero attached hydrogens (tertiary/aromatic N) is 3. The fourth-order valence-electron chi connectivity index (χ4n) is 2.62. The summed E-state index contributed by atoms with van der Waals surface area (Å²) >= 11 is 3.84. The lowest BCUT2D eigenvalue weighted by molar-refractivity contribution is 0.773. The Kier molecular flexibility index (Phi) is 4.54. The summed E-state index contributed by atoms with van der Waals surface area (Å²) in [5, 5.41) is 5.15. The van der Waals surface area contributed by atoms with Crippen LogP contribution in [0.4, 0.5) is 11.8 Å². The molecule has 2 aromatic heterocycles. The van der Waals surface area contributed by atoms with Crippen LogP contribution in [0.15, 0.2) is 6.07 Å². The number of nitrogens with one attached hydrogen (secondary N) is 1. The first-order valence-electron chi connectivity index (χ1n) is 7.62. The molecular formula is C15H22N4S2. The van der Waals surface area contributed by atoms with Gasteiger partial charge in [-0.15, -0.1) is 11.3 Å². The zero-order chi connectivity index (χ0) is 14.8. The third kappa shape index (κ3) is 3.11. The number of rotatable bonds is 4. The largest absolute Gasteiger partial charge is 0.354 e. The van der Waals surface area contributed by atoms with Crippen molar-refractivity contribution in [2.45, 2.75) is 32.4 Å². The van der Waals surface area contributed by atoms with Crippen molar-refractivity contribution in [1.82, 2.24) is 9.97 Å². The Morgan fingerprint density at radius 3 is 2.95 bits per heavy atom. The summed E-state index contributed by atoms with van der Waals surface area (Å²) in [6.07, 6.45) is 1.06. The molecule has 1 atom stereocenters. The minimum atomic E-state index is 0.663. The molecule has 4 nitrogen and oxygen atoms in total. The van der Waals surface area contributed by atoms with Gasteiger partial charge in [-0.05, 0) is 19.4 Å². The Morgan fingerprint density at radius 1 is 1.38 bits per heavy atom. The molecule has 1 saturated heterocycles. The number of hydrogen-bond acceptors (Lipinski definition) is 6. The summed E-state index contributed by atoms with van der Waals surface area (Å²) in [6, 6.07) is 2.28. The zero-order valence-electron chi connectivity index (χ0n) is 12.8. The predicted octanol–water partition coefficient (Wildman–Crippen LogP) is 3.63. The molecule has 1 aliphatic heterocycles. The molecule has 1 N–H and O–H groups in total. The normalized spacial score (nSPS) is 19.2. The third-order valence-electron chi connectivity index (χ3n) is 3.65. The summed E-state index contributed by atoms with van der Waals surface area (Å²) in [7, 11) is 0. The van der Waals surface area contributed by atoms with Crippen molar-refractivity contribution in [2.75, 3.05) is 35.6 Å². The van der Waals surface area contributed by atoms with Crippen LogP contribution in [-0.4, -0.2) is 40.6 Å². The summed E-state index contributed by atoms with van der Waals surface area (Å²) < 4.78 is 0. The van der Waals surface area contributed by atoms with Crippen LogP contribution in [0.3, 0.4) is 0 Å². The van der Waals surface area contributed by atoms with E-state index in [1.165, 1.54) is 16.0 Å². The van der Waals surface area contributed by atoms with Gasteiger partial charge in [0.15, 0.2) is 0 Å². The van der Waals surface area contributed by atoms with E-state index in [2.05, 4.69) is 42.0 Å². The summed E-state index contributed by atoms with van der Waals surface area (Å²) in [6.45, 7) is 9.57. The van der Waals surface area contributed by atoms with Gasteiger partial charge in [-0.25, -0.2) is 4.98 Å². The first-order chi connectivity index (χ1) is 10.2. The van der Waals surface area contributed by atoms with Gasteiger partial charge in [0.2, 0.25) is 5.95 Å². The topological polar surface area (TPSA) is 41.1 Å². The van der Waals surface area contributed by atoms with Gasteiger partial charge < -0.3 is 10.2 Å². The van der Waals surface area contributed by atoms with Gasteiger partial charge in [-0.1, -0.05) is 13.8 Å². The molecule has 0 amide bonds. The Balaban J connectivity index is 2.06. The number of aryl methyl sites for hydroxylation is 1. The molecule has 0 radical (unpaired) electrons. The fraction of sp³-hybridized carbons (Fsp3) is 0.600. The molecule has 114 valence electrons. The van der Waals surface area contributed by atoms with Crippen molar-refractivity contribution in [3.05, 3.63) is 10.9 Å². The van der Waals surface area contributed by atoms with Crippen molar-refractivity contribution in [3.8, 4) is 0 Å². The molecule has 3 heterocycles. The maximum Gasteiger partial charge on any atom is 0.226 e. The van der Waals surface area contributed by atoms with Crippen LogP contribution in [0.5, 0.6) is 0 Å². The molecule has 6 heteroatoms. The van der Waals surface area contributed by atoms with Crippen molar-refractivity contribution in [2.24, 2.45) is 0 Å². The second-order valence-corrected chi connectivity index (χ2v) is 7.98. The number of thiophene rings is 1. The van der Waals surface area contributed by atoms with E-state index in [0.717, 1.165) is 42.7 Å². The monoisotopic (exact) mass is 322 g/mol. The van der Waals surface area contributed by atoms with Crippen molar-refractivity contribution >= 4 is 45.1 Å². The highest BCUT2D eigenvalue weighted by Gasteiger charge is 2.22. The minimum Gasteiger partial charge on any atom is -0.354 e. The van der Waals surface area contributed by atoms with E-state index in [-0.39, 0.29) is 0 Å². The zero-order valence-corrected chi connectivity index (χ0v) is 14.5. The van der Waals surface area contributed by atoms with E-state index in [9.17, 15) is 0 Å². The summed E-state index contributed by atoms with van der Waals surface area (Å²) in [5.74, 6) is 3.04. The van der Waals surface area contributed by atoms with Crippen LogP contribution in [-0.2, 0) is 6.42 Å². The predicted molar refractivity (Wildman–Crippen MR) is 95.1 cm³/mol. The lowest BCUT2D eigenvalue weighted by Crippen LogP contribution is -2.37. The SMILES string of the molecule is CCNc1nc(N2CCSC(C)C2)c2cc(CC)sc2n1. The molecule has 1 aliphatic rings. The molecule has 0 bridgehead atoms. The molecule has 0 saturated carbocycles. The molecule has 3 rings (SSSR count). The van der Waals surface area contributed by atoms with Crippen LogP contribution in [0.25, 0.3) is 10.2 Å². The Hall–Kier alpha value is -1.01. The maximum atomic E-state index is 4.80. The molecule has 0 aromatic carbocycles. The van der Waals surface area contributed by atoms with Crippen LogP contribution < -0.4 is 10.2 Å². The van der Waals surface area contributed by atoms with Crippen molar-refractivity contribution in [1.29, 1.82) is 0 Å². The van der Waals surface area contributed by atoms with Crippen LogP contribution in [0.1, 0.15) is 25.6 Å². The van der Waals surface area contributed by atoms with Gasteiger partial charge in [0.25, 0.3) is 0 Å². The lowest BCUT2D eigenvalue weighted by atomic mass is 10.2.